The molecule has 3 heteroatoms. The highest BCUT2D eigenvalue weighted by Crippen LogP contribution is 2.40. The van der Waals surface area contributed by atoms with Gasteiger partial charge in [-0.3, -0.25) is 4.79 Å². The summed E-state index contributed by atoms with van der Waals surface area (Å²) in [5, 5.41) is 10.6. The Morgan fingerprint density at radius 1 is 0.885 bits per heavy atom. The van der Waals surface area contributed by atoms with Crippen molar-refractivity contribution < 1.29 is 9.90 Å². The molecule has 0 aliphatic heterocycles. The fourth-order valence-electron chi connectivity index (χ4n) is 3.34. The molecule has 0 fully saturated rings. The molecule has 26 heavy (non-hydrogen) atoms. The van der Waals surface area contributed by atoms with Crippen LogP contribution in [0.1, 0.15) is 27.0 Å². The molecule has 1 N–H and O–H groups in total. The molecule has 0 aliphatic carbocycles. The predicted molar refractivity (Wildman–Crippen MR) is 108 cm³/mol. The van der Waals surface area contributed by atoms with Gasteiger partial charge in [-0.05, 0) is 61.9 Å². The quantitative estimate of drug-likeness (QED) is 0.448. The average Bonchev–Trinajstić information content (AvgIpc) is 3.00. The second kappa shape index (κ2) is 6.43. The molecule has 2 nitrogen and oxygen atoms in total. The first kappa shape index (κ1) is 16.6. The van der Waals surface area contributed by atoms with Gasteiger partial charge in [-0.2, -0.15) is 0 Å². The van der Waals surface area contributed by atoms with Crippen LogP contribution in [0.4, 0.5) is 0 Å². The van der Waals surface area contributed by atoms with Crippen LogP contribution in [0.5, 0.6) is 5.75 Å². The molecule has 4 rings (SSSR count). The molecule has 0 radical (unpaired) electrons. The number of thiophene rings is 1. The summed E-state index contributed by atoms with van der Waals surface area (Å²) in [4.78, 5) is 14.4. The van der Waals surface area contributed by atoms with Crippen molar-refractivity contribution in [3.63, 3.8) is 0 Å². The van der Waals surface area contributed by atoms with E-state index in [0.717, 1.165) is 37.2 Å². The molecule has 1 aromatic heterocycles. The van der Waals surface area contributed by atoms with Gasteiger partial charge >= 0.3 is 0 Å². The second-order valence-electron chi connectivity index (χ2n) is 6.55. The van der Waals surface area contributed by atoms with Crippen LogP contribution in [-0.2, 0) is 0 Å². The number of carbonyl (C=O) groups excluding carboxylic acids is 1. The number of rotatable bonds is 3. The zero-order chi connectivity index (χ0) is 18.3. The highest BCUT2D eigenvalue weighted by Gasteiger charge is 2.21. The minimum Gasteiger partial charge on any atom is -0.508 e. The van der Waals surface area contributed by atoms with Crippen LogP contribution < -0.4 is 0 Å². The van der Waals surface area contributed by atoms with E-state index >= 15 is 0 Å². The molecule has 0 amide bonds. The fourth-order valence-corrected chi connectivity index (χ4v) is 4.54. The predicted octanol–water partition coefficient (Wildman–Crippen LogP) is 6.12. The third-order valence-electron chi connectivity index (χ3n) is 4.44. The standard InChI is InChI=1S/C23H18O2S/c1-14-11-15(2)13-17(12-14)22(25)21-19-5-3-4-6-20(19)26-23(21)16-7-9-18(24)10-8-16/h3-13,24H,1-2H3. The molecule has 0 saturated heterocycles. The highest BCUT2D eigenvalue weighted by atomic mass is 32.1. The van der Waals surface area contributed by atoms with Gasteiger partial charge in [0.15, 0.2) is 5.78 Å². The molecule has 4 aromatic rings. The minimum atomic E-state index is 0.0392. The van der Waals surface area contributed by atoms with Crippen LogP contribution in [0.2, 0.25) is 0 Å². The highest BCUT2D eigenvalue weighted by molar-refractivity contribution is 7.22. The number of hydrogen-bond donors (Lipinski definition) is 1. The van der Waals surface area contributed by atoms with Crippen molar-refractivity contribution in [1.82, 2.24) is 0 Å². The maximum Gasteiger partial charge on any atom is 0.195 e. The summed E-state index contributed by atoms with van der Waals surface area (Å²) in [5.41, 5.74) is 4.56. The van der Waals surface area contributed by atoms with Crippen LogP contribution in [0, 0.1) is 13.8 Å². The van der Waals surface area contributed by atoms with Gasteiger partial charge in [0.25, 0.3) is 0 Å². The molecule has 3 aromatic carbocycles. The van der Waals surface area contributed by atoms with E-state index < -0.39 is 0 Å². The van der Waals surface area contributed by atoms with E-state index in [2.05, 4.69) is 6.07 Å². The molecule has 0 spiro atoms. The summed E-state index contributed by atoms with van der Waals surface area (Å²) >= 11 is 1.61. The number of phenolic OH excluding ortho intramolecular Hbond substituents is 1. The topological polar surface area (TPSA) is 37.3 Å². The lowest BCUT2D eigenvalue weighted by Crippen LogP contribution is -2.03. The first-order chi connectivity index (χ1) is 12.5. The Balaban J connectivity index is 1.96. The van der Waals surface area contributed by atoms with E-state index in [1.54, 1.807) is 23.5 Å². The number of aryl methyl sites for hydroxylation is 2. The Kier molecular flexibility index (Phi) is 4.09. The van der Waals surface area contributed by atoms with Gasteiger partial charge in [-0.1, -0.05) is 35.4 Å². The number of aromatic hydroxyl groups is 1. The van der Waals surface area contributed by atoms with Gasteiger partial charge in [0, 0.05) is 26.1 Å². The summed E-state index contributed by atoms with van der Waals surface area (Å²) in [7, 11) is 0. The van der Waals surface area contributed by atoms with Crippen LogP contribution >= 0.6 is 11.3 Å². The molecule has 0 unspecified atom stereocenters. The van der Waals surface area contributed by atoms with Crippen LogP contribution in [-0.4, -0.2) is 10.9 Å². The number of hydrogen-bond acceptors (Lipinski definition) is 3. The summed E-state index contributed by atoms with van der Waals surface area (Å²) in [5.74, 6) is 0.259. The molecular weight excluding hydrogens is 340 g/mol. The van der Waals surface area contributed by atoms with Gasteiger partial charge in [0.1, 0.15) is 5.75 Å². The zero-order valence-corrected chi connectivity index (χ0v) is 15.4. The number of phenols is 1. The average molecular weight is 358 g/mol. The van der Waals surface area contributed by atoms with Crippen molar-refractivity contribution in [2.24, 2.45) is 0 Å². The summed E-state index contributed by atoms with van der Waals surface area (Å²) in [6, 6.07) is 21.0. The first-order valence-corrected chi connectivity index (χ1v) is 9.28. The lowest BCUT2D eigenvalue weighted by molar-refractivity contribution is 0.104. The largest absolute Gasteiger partial charge is 0.508 e. The molecule has 0 saturated carbocycles. The molecule has 0 aliphatic rings. The van der Waals surface area contributed by atoms with E-state index in [1.807, 2.05) is 62.4 Å². The van der Waals surface area contributed by atoms with Crippen molar-refractivity contribution in [2.45, 2.75) is 13.8 Å². The Hall–Kier alpha value is -2.91. The molecule has 1 heterocycles. The van der Waals surface area contributed by atoms with Gasteiger partial charge in [-0.15, -0.1) is 11.3 Å². The third-order valence-corrected chi connectivity index (χ3v) is 5.66. The number of ketones is 1. The Morgan fingerprint density at radius 3 is 2.23 bits per heavy atom. The van der Waals surface area contributed by atoms with Crippen LogP contribution in [0.25, 0.3) is 20.5 Å². The summed E-state index contributed by atoms with van der Waals surface area (Å²) in [6.45, 7) is 4.02. The normalized spacial score (nSPS) is 11.0. The maximum absolute atomic E-state index is 13.4. The number of benzene rings is 3. The minimum absolute atomic E-state index is 0.0392. The van der Waals surface area contributed by atoms with E-state index in [-0.39, 0.29) is 11.5 Å². The lowest BCUT2D eigenvalue weighted by Gasteiger charge is -2.07. The van der Waals surface area contributed by atoms with Crippen molar-refractivity contribution in [1.29, 1.82) is 0 Å². The van der Waals surface area contributed by atoms with E-state index in [1.165, 1.54) is 0 Å². The third kappa shape index (κ3) is 2.91. The zero-order valence-electron chi connectivity index (χ0n) is 14.6. The molecule has 0 bridgehead atoms. The monoisotopic (exact) mass is 358 g/mol. The van der Waals surface area contributed by atoms with Crippen molar-refractivity contribution in [3.8, 4) is 16.2 Å². The molecule has 128 valence electrons. The Morgan fingerprint density at radius 2 is 1.54 bits per heavy atom. The van der Waals surface area contributed by atoms with Crippen molar-refractivity contribution >= 4 is 27.2 Å². The summed E-state index contributed by atoms with van der Waals surface area (Å²) in [6.07, 6.45) is 0. The van der Waals surface area contributed by atoms with Gasteiger partial charge < -0.3 is 5.11 Å². The Bertz CT molecular complexity index is 1100. The maximum atomic E-state index is 13.4. The van der Waals surface area contributed by atoms with Gasteiger partial charge in [-0.25, -0.2) is 0 Å². The number of carbonyl (C=O) groups is 1. The van der Waals surface area contributed by atoms with E-state index in [0.29, 0.717) is 5.56 Å². The van der Waals surface area contributed by atoms with Gasteiger partial charge in [0.05, 0.1) is 0 Å². The van der Waals surface area contributed by atoms with Crippen molar-refractivity contribution in [3.05, 3.63) is 89.0 Å². The van der Waals surface area contributed by atoms with E-state index in [4.69, 9.17) is 0 Å². The lowest BCUT2D eigenvalue weighted by atomic mass is 9.95. The summed E-state index contributed by atoms with van der Waals surface area (Å²) < 4.78 is 1.09. The smallest absolute Gasteiger partial charge is 0.195 e. The van der Waals surface area contributed by atoms with E-state index in [9.17, 15) is 9.90 Å². The second-order valence-corrected chi connectivity index (χ2v) is 7.61. The van der Waals surface area contributed by atoms with Gasteiger partial charge in [0.2, 0.25) is 0 Å². The Labute approximate surface area is 156 Å². The van der Waals surface area contributed by atoms with Crippen molar-refractivity contribution in [2.75, 3.05) is 0 Å². The molecule has 0 atom stereocenters. The molecular formula is C23H18O2S. The first-order valence-electron chi connectivity index (χ1n) is 8.47. The SMILES string of the molecule is Cc1cc(C)cc(C(=O)c2c(-c3ccc(O)cc3)sc3ccccc23)c1. The van der Waals surface area contributed by atoms with Crippen LogP contribution in [0.15, 0.2) is 66.7 Å². The number of fused-ring (bicyclic) bond motifs is 1. The fraction of sp³-hybridized carbons (Fsp3) is 0.0870. The van der Waals surface area contributed by atoms with Crippen LogP contribution in [0.3, 0.4) is 0 Å².